The van der Waals surface area contributed by atoms with Crippen molar-refractivity contribution in [1.82, 2.24) is 0 Å². The average molecular weight is 443 g/mol. The molecule has 0 aromatic heterocycles. The Morgan fingerprint density at radius 1 is 0.471 bits per heavy atom. The summed E-state index contributed by atoms with van der Waals surface area (Å²) in [4.78, 5) is 0. The van der Waals surface area contributed by atoms with Crippen LogP contribution >= 0.6 is 0 Å². The van der Waals surface area contributed by atoms with Crippen molar-refractivity contribution in [2.24, 2.45) is 11.8 Å². The quantitative estimate of drug-likeness (QED) is 0.343. The maximum absolute atomic E-state index is 11.5. The molecule has 2 N–H and O–H groups in total. The average Bonchev–Trinajstić information content (AvgIpc) is 3.62. The van der Waals surface area contributed by atoms with Gasteiger partial charge in [-0.3, -0.25) is 0 Å². The van der Waals surface area contributed by atoms with Crippen molar-refractivity contribution in [2.75, 3.05) is 0 Å². The molecule has 0 saturated heterocycles. The number of benzene rings is 4. The number of rotatable bonds is 5. The maximum atomic E-state index is 11.5. The van der Waals surface area contributed by atoms with Gasteiger partial charge >= 0.3 is 0 Å². The van der Waals surface area contributed by atoms with Crippen molar-refractivity contribution >= 4 is 21.5 Å². The lowest BCUT2D eigenvalue weighted by molar-refractivity contribution is 0.151. The minimum Gasteiger partial charge on any atom is -0.387 e. The number of hydrogen-bond donors (Lipinski definition) is 2. The Morgan fingerprint density at radius 2 is 0.853 bits per heavy atom. The number of aliphatic hydroxyl groups excluding tert-OH is 2. The van der Waals surface area contributed by atoms with Gasteiger partial charge in [0.05, 0.1) is 12.2 Å². The molecule has 2 atom stereocenters. The predicted octanol–water partition coefficient (Wildman–Crippen LogP) is 7.21. The van der Waals surface area contributed by atoms with E-state index >= 15 is 0 Å². The standard InChI is InChI=1S/C32H26O2/c33-31(23-11-1-2-12-23)27-19-17-21-9-5-7-15-25(21)29(27)30-26-16-8-6-10-22(26)18-20-28(30)32(34)24-13-3-4-14-24/h1-20,23-24,31-34H/t31-,32-/m0/s1. The van der Waals surface area contributed by atoms with Gasteiger partial charge < -0.3 is 10.2 Å². The van der Waals surface area contributed by atoms with E-state index in [9.17, 15) is 10.2 Å². The van der Waals surface area contributed by atoms with E-state index < -0.39 is 12.2 Å². The molecule has 0 amide bonds. The van der Waals surface area contributed by atoms with E-state index in [4.69, 9.17) is 0 Å². The molecular weight excluding hydrogens is 416 g/mol. The lowest BCUT2D eigenvalue weighted by atomic mass is 9.81. The van der Waals surface area contributed by atoms with E-state index in [1.807, 2.05) is 72.9 Å². The van der Waals surface area contributed by atoms with Gasteiger partial charge in [0.15, 0.2) is 0 Å². The fourth-order valence-electron chi connectivity index (χ4n) is 5.36. The number of fused-ring (bicyclic) bond motifs is 2. The second-order valence-corrected chi connectivity index (χ2v) is 9.09. The van der Waals surface area contributed by atoms with Crippen LogP contribution in [0.25, 0.3) is 32.7 Å². The summed E-state index contributed by atoms with van der Waals surface area (Å²) in [5, 5.41) is 27.5. The number of hydrogen-bond acceptors (Lipinski definition) is 2. The summed E-state index contributed by atoms with van der Waals surface area (Å²) in [6.45, 7) is 0. The van der Waals surface area contributed by atoms with E-state index in [1.54, 1.807) is 0 Å². The van der Waals surface area contributed by atoms with Crippen LogP contribution < -0.4 is 0 Å². The Hall–Kier alpha value is -3.72. The first kappa shape index (κ1) is 20.9. The van der Waals surface area contributed by atoms with Crippen molar-refractivity contribution < 1.29 is 10.2 Å². The Bertz CT molecular complexity index is 1370. The molecule has 166 valence electrons. The van der Waals surface area contributed by atoms with Crippen LogP contribution in [0.5, 0.6) is 0 Å². The van der Waals surface area contributed by atoms with Crippen molar-refractivity contribution in [1.29, 1.82) is 0 Å². The molecule has 2 heteroatoms. The van der Waals surface area contributed by atoms with Gasteiger partial charge in [0.2, 0.25) is 0 Å². The molecule has 0 unspecified atom stereocenters. The first-order chi connectivity index (χ1) is 16.7. The van der Waals surface area contributed by atoms with Gasteiger partial charge in [-0.25, -0.2) is 0 Å². The summed E-state index contributed by atoms with van der Waals surface area (Å²) in [5.74, 6) is -0.159. The summed E-state index contributed by atoms with van der Waals surface area (Å²) in [6.07, 6.45) is 14.7. The second kappa shape index (κ2) is 8.57. The highest BCUT2D eigenvalue weighted by atomic mass is 16.3. The number of aliphatic hydroxyl groups is 2. The molecule has 0 spiro atoms. The molecule has 0 aliphatic heterocycles. The molecular formula is C32H26O2. The zero-order valence-corrected chi connectivity index (χ0v) is 18.8. The lowest BCUT2D eigenvalue weighted by Gasteiger charge is -2.26. The van der Waals surface area contributed by atoms with Crippen LogP contribution in [-0.2, 0) is 0 Å². The van der Waals surface area contributed by atoms with Gasteiger partial charge in [-0.05, 0) is 43.8 Å². The SMILES string of the molecule is O[C@H](c1ccc2ccccc2c1-c1c([C@@H](O)C2C=CC=C2)ccc2ccccc12)C1C=CC=C1. The first-order valence-corrected chi connectivity index (χ1v) is 11.8. The Kier molecular flexibility index (Phi) is 5.26. The molecule has 0 radical (unpaired) electrons. The molecule has 0 fully saturated rings. The van der Waals surface area contributed by atoms with Crippen molar-refractivity contribution in [2.45, 2.75) is 12.2 Å². The zero-order chi connectivity index (χ0) is 23.1. The fraction of sp³-hybridized carbons (Fsp3) is 0.125. The van der Waals surface area contributed by atoms with Gasteiger partial charge in [0.25, 0.3) is 0 Å². The van der Waals surface area contributed by atoms with E-state index in [-0.39, 0.29) is 11.8 Å². The largest absolute Gasteiger partial charge is 0.387 e. The highest BCUT2D eigenvalue weighted by Crippen LogP contribution is 2.45. The Morgan fingerprint density at radius 3 is 1.26 bits per heavy atom. The molecule has 0 heterocycles. The highest BCUT2D eigenvalue weighted by molar-refractivity contribution is 6.08. The van der Waals surface area contributed by atoms with Crippen LogP contribution in [0.4, 0.5) is 0 Å². The zero-order valence-electron chi connectivity index (χ0n) is 18.8. The predicted molar refractivity (Wildman–Crippen MR) is 140 cm³/mol. The van der Waals surface area contributed by atoms with E-state index in [2.05, 4.69) is 48.5 Å². The molecule has 2 nitrogen and oxygen atoms in total. The maximum Gasteiger partial charge on any atom is 0.0893 e. The summed E-state index contributed by atoms with van der Waals surface area (Å²) in [6, 6.07) is 24.9. The Labute approximate surface area is 199 Å². The fourth-order valence-corrected chi connectivity index (χ4v) is 5.36. The van der Waals surface area contributed by atoms with Crippen LogP contribution in [0, 0.1) is 11.8 Å². The smallest absolute Gasteiger partial charge is 0.0893 e. The molecule has 6 rings (SSSR count). The minimum atomic E-state index is -0.690. The topological polar surface area (TPSA) is 40.5 Å². The van der Waals surface area contributed by atoms with Crippen LogP contribution in [0.3, 0.4) is 0 Å². The summed E-state index contributed by atoms with van der Waals surface area (Å²) in [7, 11) is 0. The third-order valence-electron chi connectivity index (χ3n) is 7.09. The molecule has 2 aliphatic rings. The van der Waals surface area contributed by atoms with Crippen molar-refractivity contribution in [3.63, 3.8) is 0 Å². The second-order valence-electron chi connectivity index (χ2n) is 9.09. The summed E-state index contributed by atoms with van der Waals surface area (Å²) in [5.41, 5.74) is 3.75. The third-order valence-corrected chi connectivity index (χ3v) is 7.09. The van der Waals surface area contributed by atoms with Gasteiger partial charge in [0, 0.05) is 11.8 Å². The monoisotopic (exact) mass is 442 g/mol. The van der Waals surface area contributed by atoms with Gasteiger partial charge in [0.1, 0.15) is 0 Å². The van der Waals surface area contributed by atoms with Crippen molar-refractivity contribution in [3.8, 4) is 11.1 Å². The molecule has 34 heavy (non-hydrogen) atoms. The lowest BCUT2D eigenvalue weighted by Crippen LogP contribution is -2.12. The highest BCUT2D eigenvalue weighted by Gasteiger charge is 2.28. The molecule has 4 aromatic rings. The Balaban J connectivity index is 1.69. The minimum absolute atomic E-state index is 0.0797. The van der Waals surface area contributed by atoms with E-state index in [1.165, 1.54) is 0 Å². The molecule has 0 bridgehead atoms. The van der Waals surface area contributed by atoms with Crippen LogP contribution in [0.2, 0.25) is 0 Å². The van der Waals surface area contributed by atoms with Crippen molar-refractivity contribution in [3.05, 3.63) is 133 Å². The van der Waals surface area contributed by atoms with Crippen LogP contribution in [0.15, 0.2) is 121 Å². The molecule has 2 aliphatic carbocycles. The number of allylic oxidation sites excluding steroid dienone is 4. The van der Waals surface area contributed by atoms with Gasteiger partial charge in [-0.1, -0.05) is 121 Å². The van der Waals surface area contributed by atoms with E-state index in [0.717, 1.165) is 43.8 Å². The third kappa shape index (κ3) is 3.43. The normalized spacial score (nSPS) is 17.4. The van der Waals surface area contributed by atoms with Gasteiger partial charge in [-0.15, -0.1) is 0 Å². The summed E-state index contributed by atoms with van der Waals surface area (Å²) >= 11 is 0. The van der Waals surface area contributed by atoms with E-state index in [0.29, 0.717) is 0 Å². The first-order valence-electron chi connectivity index (χ1n) is 11.8. The molecule has 4 aromatic carbocycles. The summed E-state index contributed by atoms with van der Waals surface area (Å²) < 4.78 is 0. The van der Waals surface area contributed by atoms with Gasteiger partial charge in [-0.2, -0.15) is 0 Å². The van der Waals surface area contributed by atoms with Crippen LogP contribution in [-0.4, -0.2) is 10.2 Å². The molecule has 0 saturated carbocycles. The van der Waals surface area contributed by atoms with Crippen LogP contribution in [0.1, 0.15) is 23.3 Å².